The summed E-state index contributed by atoms with van der Waals surface area (Å²) in [6.45, 7) is 0.531. The molecule has 1 N–H and O–H groups in total. The third kappa shape index (κ3) is 5.54. The third-order valence-corrected chi connectivity index (χ3v) is 9.76. The molecule has 0 unspecified atom stereocenters. The van der Waals surface area contributed by atoms with Gasteiger partial charge in [-0.2, -0.15) is 4.31 Å². The Kier molecular flexibility index (Phi) is 7.97. The maximum Gasteiger partial charge on any atom is 0.400 e. The van der Waals surface area contributed by atoms with Crippen LogP contribution in [0.2, 0.25) is 15.2 Å². The van der Waals surface area contributed by atoms with Crippen LogP contribution < -0.4 is 24.0 Å². The van der Waals surface area contributed by atoms with Crippen LogP contribution in [0.5, 0.6) is 11.5 Å². The van der Waals surface area contributed by atoms with Gasteiger partial charge in [-0.05, 0) is 30.3 Å². The second-order valence-electron chi connectivity index (χ2n) is 7.64. The molecule has 12 nitrogen and oxygen atoms in total. The number of hydrogen-bond acceptors (Lipinski definition) is 9. The number of hydrogen-bond donors (Lipinski definition) is 1. The number of sulfonamides is 2. The first-order valence-electron chi connectivity index (χ1n) is 10.5. The third-order valence-electron chi connectivity index (χ3n) is 5.45. The summed E-state index contributed by atoms with van der Waals surface area (Å²) < 4.78 is 70.9. The maximum atomic E-state index is 13.0. The van der Waals surface area contributed by atoms with Crippen LogP contribution in [-0.2, 0) is 20.0 Å². The summed E-state index contributed by atoms with van der Waals surface area (Å²) in [6.07, 6.45) is 0. The van der Waals surface area contributed by atoms with E-state index in [0.717, 1.165) is 4.79 Å². The number of aromatic nitrogens is 2. The monoisotopic (exact) mass is 612 g/mol. The van der Waals surface area contributed by atoms with Crippen LogP contribution in [0.4, 0.5) is 5.88 Å². The lowest BCUT2D eigenvalue weighted by molar-refractivity contribution is -0.757. The summed E-state index contributed by atoms with van der Waals surface area (Å²) in [6, 6.07) is 8.36. The number of methoxy groups -OCH3 is 2. The number of piperazine rings is 1. The zero-order chi connectivity index (χ0) is 27.0. The predicted molar refractivity (Wildman–Crippen MR) is 135 cm³/mol. The van der Waals surface area contributed by atoms with Gasteiger partial charge in [0.2, 0.25) is 15.3 Å². The molecule has 0 saturated carbocycles. The second-order valence-corrected chi connectivity index (χ2v) is 12.4. The Morgan fingerprint density at radius 3 is 2.24 bits per heavy atom. The maximum absolute atomic E-state index is 13.0. The first-order chi connectivity index (χ1) is 17.5. The molecule has 0 radical (unpaired) electrons. The molecule has 0 atom stereocenters. The zero-order valence-electron chi connectivity index (χ0n) is 19.4. The van der Waals surface area contributed by atoms with Gasteiger partial charge in [-0.1, -0.05) is 23.2 Å². The fourth-order valence-corrected chi connectivity index (χ4v) is 7.17. The van der Waals surface area contributed by atoms with Crippen LogP contribution in [0, 0.1) is 0 Å². The fourth-order valence-electron chi connectivity index (χ4n) is 3.59. The van der Waals surface area contributed by atoms with Crippen molar-refractivity contribution in [2.45, 2.75) is 9.79 Å². The van der Waals surface area contributed by atoms with E-state index in [1.54, 1.807) is 5.01 Å². The molecule has 1 saturated heterocycles. The number of benzene rings is 2. The van der Waals surface area contributed by atoms with E-state index in [0.29, 0.717) is 10.8 Å². The lowest BCUT2D eigenvalue weighted by Crippen LogP contribution is -2.66. The first-order valence-corrected chi connectivity index (χ1v) is 14.6. The average Bonchev–Trinajstić information content (AvgIpc) is 3.22. The second kappa shape index (κ2) is 10.7. The molecule has 200 valence electrons. The van der Waals surface area contributed by atoms with Crippen LogP contribution in [0.15, 0.2) is 50.7 Å². The summed E-state index contributed by atoms with van der Waals surface area (Å²) in [4.78, 5) is 0.934. The summed E-state index contributed by atoms with van der Waals surface area (Å²) >= 11 is 18.3. The SMILES string of the molecule is COc1ccc(S(=O)(=O)Nc2on[n+](N3CCN(S(=O)(=O)c4ccc(Cl)cc4Cl)CC3)c2Cl)c(OC)c1. The van der Waals surface area contributed by atoms with Crippen LogP contribution >= 0.6 is 34.8 Å². The first kappa shape index (κ1) is 27.5. The Labute approximate surface area is 228 Å². The smallest absolute Gasteiger partial charge is 0.400 e. The molecule has 0 spiro atoms. The Morgan fingerprint density at radius 1 is 0.946 bits per heavy atom. The van der Waals surface area contributed by atoms with Gasteiger partial charge in [-0.15, -0.1) is 5.01 Å². The molecule has 1 aromatic heterocycles. The number of ether oxygens (including phenoxy) is 2. The van der Waals surface area contributed by atoms with Crippen molar-refractivity contribution in [3.8, 4) is 11.5 Å². The highest BCUT2D eigenvalue weighted by atomic mass is 35.5. The Balaban J connectivity index is 1.49. The van der Waals surface area contributed by atoms with Crippen molar-refractivity contribution >= 4 is 60.7 Å². The number of nitrogens with one attached hydrogen (secondary N) is 1. The molecule has 0 bridgehead atoms. The summed E-state index contributed by atoms with van der Waals surface area (Å²) in [5.74, 6) is 0.127. The van der Waals surface area contributed by atoms with E-state index >= 15 is 0 Å². The summed E-state index contributed by atoms with van der Waals surface area (Å²) in [7, 11) is -5.28. The van der Waals surface area contributed by atoms with Crippen LogP contribution in [-0.4, -0.2) is 66.8 Å². The number of halogens is 3. The quantitative estimate of drug-likeness (QED) is 0.380. The van der Waals surface area contributed by atoms with Gasteiger partial charge in [0, 0.05) is 35.8 Å². The molecule has 1 aliphatic rings. The van der Waals surface area contributed by atoms with Crippen molar-refractivity contribution < 1.29 is 35.6 Å². The van der Waals surface area contributed by atoms with E-state index in [-0.39, 0.29) is 57.8 Å². The topological polar surface area (TPSA) is 135 Å². The molecule has 3 aromatic rings. The molecule has 2 heterocycles. The van der Waals surface area contributed by atoms with Gasteiger partial charge >= 0.3 is 11.0 Å². The van der Waals surface area contributed by atoms with Crippen LogP contribution in [0.3, 0.4) is 0 Å². The standard InChI is InChI=1S/C20H21Cl3N5O7S2/c1-33-14-4-6-18(16(12-14)34-2)36(29,30)24-20-19(23)28(25-35-20)26-7-9-27(10-8-26)37(31,32)17-5-3-13(21)11-15(17)22/h3-6,11-12,24H,7-10H2,1-2H3/q+1. The highest BCUT2D eigenvalue weighted by Crippen LogP contribution is 2.31. The van der Waals surface area contributed by atoms with Crippen LogP contribution in [0.25, 0.3) is 0 Å². The Bertz CT molecular complexity index is 1530. The molecule has 2 aromatic carbocycles. The minimum Gasteiger partial charge on any atom is -0.497 e. The number of nitrogens with zero attached hydrogens (tertiary/aromatic N) is 4. The molecular weight excluding hydrogens is 593 g/mol. The molecule has 1 aliphatic heterocycles. The van der Waals surface area contributed by atoms with Crippen molar-refractivity contribution in [3.63, 3.8) is 0 Å². The Hall–Kier alpha value is -2.49. The lowest BCUT2D eigenvalue weighted by atomic mass is 10.3. The van der Waals surface area contributed by atoms with Crippen LogP contribution in [0.1, 0.15) is 0 Å². The van der Waals surface area contributed by atoms with E-state index in [2.05, 4.69) is 9.99 Å². The summed E-state index contributed by atoms with van der Waals surface area (Å²) in [5, 5.41) is 5.60. The molecular formula is C20H21Cl3N5O7S2+. The molecule has 0 aliphatic carbocycles. The fraction of sp³-hybridized carbons (Fsp3) is 0.300. The lowest BCUT2D eigenvalue weighted by Gasteiger charge is -2.29. The number of rotatable bonds is 8. The van der Waals surface area contributed by atoms with Crippen molar-refractivity contribution in [1.29, 1.82) is 0 Å². The normalized spacial score (nSPS) is 15.0. The molecule has 0 amide bonds. The van der Waals surface area contributed by atoms with Crippen molar-refractivity contribution in [2.75, 3.05) is 50.1 Å². The van der Waals surface area contributed by atoms with Gasteiger partial charge in [0.25, 0.3) is 10.0 Å². The van der Waals surface area contributed by atoms with Gasteiger partial charge in [0.15, 0.2) is 0 Å². The predicted octanol–water partition coefficient (Wildman–Crippen LogP) is 2.38. The largest absolute Gasteiger partial charge is 0.497 e. The highest BCUT2D eigenvalue weighted by molar-refractivity contribution is 7.92. The molecule has 4 rings (SSSR count). The van der Waals surface area contributed by atoms with Gasteiger partial charge in [-0.3, -0.25) is 4.52 Å². The van der Waals surface area contributed by atoms with Gasteiger partial charge in [0.1, 0.15) is 21.3 Å². The molecule has 1 fully saturated rings. The van der Waals surface area contributed by atoms with Gasteiger partial charge in [-0.25, -0.2) is 21.6 Å². The summed E-state index contributed by atoms with van der Waals surface area (Å²) in [5.41, 5.74) is 0. The van der Waals surface area contributed by atoms with Gasteiger partial charge in [0.05, 0.1) is 37.1 Å². The Morgan fingerprint density at radius 2 is 1.62 bits per heavy atom. The van der Waals surface area contributed by atoms with Gasteiger partial charge < -0.3 is 9.47 Å². The zero-order valence-corrected chi connectivity index (χ0v) is 23.3. The number of anilines is 1. The van der Waals surface area contributed by atoms with Crippen molar-refractivity contribution in [1.82, 2.24) is 9.58 Å². The highest BCUT2D eigenvalue weighted by Gasteiger charge is 2.37. The van der Waals surface area contributed by atoms with E-state index in [9.17, 15) is 16.8 Å². The average molecular weight is 614 g/mol. The molecule has 37 heavy (non-hydrogen) atoms. The van der Waals surface area contributed by atoms with Crippen molar-refractivity contribution in [3.05, 3.63) is 51.6 Å². The minimum absolute atomic E-state index is 0.0225. The minimum atomic E-state index is -4.18. The van der Waals surface area contributed by atoms with E-state index < -0.39 is 20.0 Å². The van der Waals surface area contributed by atoms with E-state index in [4.69, 9.17) is 48.8 Å². The van der Waals surface area contributed by atoms with E-state index in [1.165, 1.54) is 54.9 Å². The van der Waals surface area contributed by atoms with Crippen molar-refractivity contribution in [2.24, 2.45) is 0 Å². The van der Waals surface area contributed by atoms with E-state index in [1.807, 2.05) is 0 Å². The molecule has 17 heteroatoms.